The second-order valence-electron chi connectivity index (χ2n) is 7.25. The lowest BCUT2D eigenvalue weighted by Gasteiger charge is -2.36. The molecule has 0 aromatic heterocycles. The number of piperazine rings is 1. The number of carbonyl (C=O) groups excluding carboxylic acids is 3. The van der Waals surface area contributed by atoms with Gasteiger partial charge in [0, 0.05) is 29.7 Å². The van der Waals surface area contributed by atoms with Crippen molar-refractivity contribution in [2.75, 3.05) is 26.3 Å². The Kier molecular flexibility index (Phi) is 7.79. The number of benzene rings is 1. The van der Waals surface area contributed by atoms with Gasteiger partial charge in [0.15, 0.2) is 5.11 Å². The molecule has 0 aliphatic carbocycles. The molecule has 0 saturated carbocycles. The van der Waals surface area contributed by atoms with Crippen LogP contribution in [0.4, 0.5) is 0 Å². The van der Waals surface area contributed by atoms with Gasteiger partial charge in [0.25, 0.3) is 5.91 Å². The zero-order valence-corrected chi connectivity index (χ0v) is 19.0. The van der Waals surface area contributed by atoms with Gasteiger partial charge in [-0.05, 0) is 49.7 Å². The Labute approximate surface area is 188 Å². The Morgan fingerprint density at radius 3 is 2.93 bits per heavy atom. The zero-order valence-electron chi connectivity index (χ0n) is 16.6. The Balaban J connectivity index is 1.60. The van der Waals surface area contributed by atoms with Crippen LogP contribution < -0.4 is 10.6 Å². The molecular weight excluding hydrogens is 474 g/mol. The SMILES string of the molecule is Cc1ccc(C(=O)NC(=S)N2CCNC(=O)[C@@H]2CC(=O)OC[C@H]2CCCO2)cc1Br. The Morgan fingerprint density at radius 1 is 1.43 bits per heavy atom. The number of hydrogen-bond acceptors (Lipinski definition) is 6. The van der Waals surface area contributed by atoms with Gasteiger partial charge in [-0.2, -0.15) is 0 Å². The van der Waals surface area contributed by atoms with Crippen LogP contribution in [0.15, 0.2) is 22.7 Å². The van der Waals surface area contributed by atoms with E-state index < -0.39 is 12.0 Å². The predicted molar refractivity (Wildman–Crippen MR) is 117 cm³/mol. The van der Waals surface area contributed by atoms with E-state index in [1.165, 1.54) is 0 Å². The van der Waals surface area contributed by atoms with Gasteiger partial charge < -0.3 is 19.7 Å². The van der Waals surface area contributed by atoms with Crippen LogP contribution in [0.3, 0.4) is 0 Å². The molecule has 2 aliphatic rings. The van der Waals surface area contributed by atoms with Crippen molar-refractivity contribution in [3.8, 4) is 0 Å². The minimum absolute atomic E-state index is 0.0839. The molecule has 2 atom stereocenters. The third-order valence-electron chi connectivity index (χ3n) is 5.06. The third kappa shape index (κ3) is 5.77. The molecule has 8 nitrogen and oxygen atoms in total. The topological polar surface area (TPSA) is 97.0 Å². The number of aryl methyl sites for hydroxylation is 1. The summed E-state index contributed by atoms with van der Waals surface area (Å²) in [5.74, 6) is -1.22. The standard InChI is InChI=1S/C20H24BrN3O5S/c1-12-4-5-13(9-15(12)21)18(26)23-20(30)24-7-6-22-19(27)16(24)10-17(25)29-11-14-3-2-8-28-14/h4-5,9,14,16H,2-3,6-8,10-11H2,1H3,(H,22,27)(H,23,26,30)/t14-,16+/m1/s1. The molecule has 2 aliphatic heterocycles. The smallest absolute Gasteiger partial charge is 0.308 e. The quantitative estimate of drug-likeness (QED) is 0.471. The van der Waals surface area contributed by atoms with E-state index in [1.54, 1.807) is 17.0 Å². The number of ether oxygens (including phenoxy) is 2. The lowest BCUT2D eigenvalue weighted by Crippen LogP contribution is -2.60. The van der Waals surface area contributed by atoms with E-state index in [0.717, 1.165) is 22.9 Å². The number of carbonyl (C=O) groups is 3. The summed E-state index contributed by atoms with van der Waals surface area (Å²) in [7, 11) is 0. The molecule has 2 fully saturated rings. The van der Waals surface area contributed by atoms with Crippen molar-refractivity contribution >= 4 is 51.0 Å². The van der Waals surface area contributed by atoms with Crippen LogP contribution in [-0.4, -0.2) is 66.2 Å². The number of amides is 2. The molecule has 2 heterocycles. The van der Waals surface area contributed by atoms with Crippen LogP contribution in [-0.2, 0) is 19.1 Å². The molecule has 162 valence electrons. The highest BCUT2D eigenvalue weighted by atomic mass is 79.9. The number of esters is 1. The fourth-order valence-electron chi connectivity index (χ4n) is 3.31. The molecule has 1 aromatic rings. The van der Waals surface area contributed by atoms with E-state index in [1.807, 2.05) is 13.0 Å². The second-order valence-corrected chi connectivity index (χ2v) is 8.49. The average molecular weight is 498 g/mol. The monoisotopic (exact) mass is 497 g/mol. The van der Waals surface area contributed by atoms with Crippen molar-refractivity contribution in [2.24, 2.45) is 0 Å². The summed E-state index contributed by atoms with van der Waals surface area (Å²) < 4.78 is 11.5. The fraction of sp³-hybridized carbons (Fsp3) is 0.500. The minimum Gasteiger partial charge on any atom is -0.463 e. The van der Waals surface area contributed by atoms with Crippen molar-refractivity contribution < 1.29 is 23.9 Å². The number of rotatable bonds is 5. The van der Waals surface area contributed by atoms with E-state index in [2.05, 4.69) is 26.6 Å². The highest BCUT2D eigenvalue weighted by molar-refractivity contribution is 9.10. The maximum absolute atomic E-state index is 12.6. The van der Waals surface area contributed by atoms with Crippen LogP contribution in [0.2, 0.25) is 0 Å². The lowest BCUT2D eigenvalue weighted by molar-refractivity contribution is -0.150. The summed E-state index contributed by atoms with van der Waals surface area (Å²) in [6, 6.07) is 4.38. The van der Waals surface area contributed by atoms with E-state index in [-0.39, 0.29) is 36.1 Å². The Hall–Kier alpha value is -2.04. The van der Waals surface area contributed by atoms with Gasteiger partial charge in [-0.25, -0.2) is 0 Å². The molecule has 3 rings (SSSR count). The molecule has 0 bridgehead atoms. The summed E-state index contributed by atoms with van der Waals surface area (Å²) in [5, 5.41) is 5.49. The van der Waals surface area contributed by atoms with Gasteiger partial charge in [-0.3, -0.25) is 19.7 Å². The Bertz CT molecular complexity index is 844. The van der Waals surface area contributed by atoms with E-state index in [9.17, 15) is 14.4 Å². The average Bonchev–Trinajstić information content (AvgIpc) is 3.23. The lowest BCUT2D eigenvalue weighted by atomic mass is 10.1. The number of halogens is 1. The van der Waals surface area contributed by atoms with E-state index >= 15 is 0 Å². The molecule has 1 aromatic carbocycles. The number of thiocarbonyl (C=S) groups is 1. The highest BCUT2D eigenvalue weighted by Gasteiger charge is 2.34. The molecular formula is C20H24BrN3O5S. The van der Waals surface area contributed by atoms with Crippen LogP contribution in [0.1, 0.15) is 35.2 Å². The molecule has 2 N–H and O–H groups in total. The van der Waals surface area contributed by atoms with Crippen molar-refractivity contribution in [3.05, 3.63) is 33.8 Å². The largest absolute Gasteiger partial charge is 0.463 e. The first-order chi connectivity index (χ1) is 14.3. The van der Waals surface area contributed by atoms with E-state index in [0.29, 0.717) is 25.3 Å². The second kappa shape index (κ2) is 10.3. The number of nitrogens with zero attached hydrogens (tertiary/aromatic N) is 1. The summed E-state index contributed by atoms with van der Waals surface area (Å²) in [6.07, 6.45) is 1.56. The predicted octanol–water partition coefficient (Wildman–Crippen LogP) is 1.68. The first kappa shape index (κ1) is 22.6. The molecule has 2 amide bonds. The Morgan fingerprint density at radius 2 is 2.23 bits per heavy atom. The van der Waals surface area contributed by atoms with Gasteiger partial charge in [0.1, 0.15) is 12.6 Å². The normalized spacial score (nSPS) is 21.1. The van der Waals surface area contributed by atoms with Crippen LogP contribution in [0, 0.1) is 6.92 Å². The summed E-state index contributed by atoms with van der Waals surface area (Å²) >= 11 is 8.78. The van der Waals surface area contributed by atoms with Crippen molar-refractivity contribution in [3.63, 3.8) is 0 Å². The molecule has 30 heavy (non-hydrogen) atoms. The fourth-order valence-corrected chi connectivity index (χ4v) is 4.00. The van der Waals surface area contributed by atoms with Gasteiger partial charge >= 0.3 is 5.97 Å². The zero-order chi connectivity index (χ0) is 21.7. The van der Waals surface area contributed by atoms with Crippen LogP contribution >= 0.6 is 28.1 Å². The maximum atomic E-state index is 12.6. The summed E-state index contributed by atoms with van der Waals surface area (Å²) in [5.41, 5.74) is 1.44. The van der Waals surface area contributed by atoms with Gasteiger partial charge in [-0.15, -0.1) is 0 Å². The maximum Gasteiger partial charge on any atom is 0.308 e. The van der Waals surface area contributed by atoms with Gasteiger partial charge in [0.2, 0.25) is 5.91 Å². The first-order valence-corrected chi connectivity index (χ1v) is 11.0. The third-order valence-corrected chi connectivity index (χ3v) is 6.25. The van der Waals surface area contributed by atoms with Gasteiger partial charge in [0.05, 0.1) is 12.5 Å². The highest BCUT2D eigenvalue weighted by Crippen LogP contribution is 2.18. The molecule has 10 heteroatoms. The number of nitrogens with one attached hydrogen (secondary N) is 2. The van der Waals surface area contributed by atoms with Crippen molar-refractivity contribution in [1.82, 2.24) is 15.5 Å². The van der Waals surface area contributed by atoms with Crippen LogP contribution in [0.5, 0.6) is 0 Å². The minimum atomic E-state index is -0.840. The molecule has 2 saturated heterocycles. The van der Waals surface area contributed by atoms with E-state index in [4.69, 9.17) is 21.7 Å². The number of hydrogen-bond donors (Lipinski definition) is 2. The van der Waals surface area contributed by atoms with Gasteiger partial charge in [-0.1, -0.05) is 22.0 Å². The molecule has 0 unspecified atom stereocenters. The first-order valence-electron chi connectivity index (χ1n) is 9.78. The molecule has 0 spiro atoms. The van der Waals surface area contributed by atoms with Crippen LogP contribution in [0.25, 0.3) is 0 Å². The summed E-state index contributed by atoms with van der Waals surface area (Å²) in [4.78, 5) is 38.8. The van der Waals surface area contributed by atoms with Crippen molar-refractivity contribution in [1.29, 1.82) is 0 Å². The summed E-state index contributed by atoms with van der Waals surface area (Å²) in [6.45, 7) is 3.52. The van der Waals surface area contributed by atoms with Crippen molar-refractivity contribution in [2.45, 2.75) is 38.3 Å². The molecule has 0 radical (unpaired) electrons.